The van der Waals surface area contributed by atoms with Gasteiger partial charge in [-0.15, -0.1) is 0 Å². The zero-order chi connectivity index (χ0) is 17.1. The van der Waals surface area contributed by atoms with E-state index in [0.29, 0.717) is 5.56 Å². The van der Waals surface area contributed by atoms with Crippen LogP contribution < -0.4 is 4.57 Å². The van der Waals surface area contributed by atoms with E-state index in [1.807, 2.05) is 30.3 Å². The van der Waals surface area contributed by atoms with E-state index in [1.54, 1.807) is 0 Å². The van der Waals surface area contributed by atoms with Crippen molar-refractivity contribution in [2.45, 2.75) is 6.54 Å². The Kier molecular flexibility index (Phi) is 3.98. The summed E-state index contributed by atoms with van der Waals surface area (Å²) in [7, 11) is 0. The highest BCUT2D eigenvalue weighted by molar-refractivity contribution is 5.77. The van der Waals surface area contributed by atoms with Gasteiger partial charge in [-0.2, -0.15) is 9.83 Å². The number of rotatable bonds is 3. The van der Waals surface area contributed by atoms with Crippen LogP contribution in [0.1, 0.15) is 11.1 Å². The zero-order valence-electron chi connectivity index (χ0n) is 13.8. The number of pyridine rings is 1. The average molecular weight is 321 g/mol. The molecule has 0 saturated heterocycles. The van der Waals surface area contributed by atoms with Gasteiger partial charge in [0.2, 0.25) is 11.2 Å². The summed E-state index contributed by atoms with van der Waals surface area (Å²) in [6.07, 6.45) is 0. The lowest BCUT2D eigenvalue weighted by Gasteiger charge is -2.08. The molecule has 0 bridgehead atoms. The molecule has 0 amide bonds. The number of nitriles is 1. The lowest BCUT2D eigenvalue weighted by Crippen LogP contribution is -2.37. The third kappa shape index (κ3) is 3.00. The van der Waals surface area contributed by atoms with Crippen LogP contribution in [0.2, 0.25) is 0 Å². The predicted molar refractivity (Wildman–Crippen MR) is 99.8 cm³/mol. The van der Waals surface area contributed by atoms with E-state index < -0.39 is 0 Å². The number of hydrogen-bond acceptors (Lipinski definition) is 1. The van der Waals surface area contributed by atoms with Crippen molar-refractivity contribution in [2.75, 3.05) is 0 Å². The molecule has 1 aromatic heterocycles. The molecule has 4 rings (SSSR count). The zero-order valence-corrected chi connectivity index (χ0v) is 13.8. The summed E-state index contributed by atoms with van der Waals surface area (Å²) in [5.41, 5.74) is 5.40. The number of hydrogen-bond donors (Lipinski definition) is 0. The molecule has 0 aliphatic carbocycles. The summed E-state index contributed by atoms with van der Waals surface area (Å²) >= 11 is 0. The van der Waals surface area contributed by atoms with Crippen LogP contribution in [0.15, 0.2) is 91.0 Å². The molecular weight excluding hydrogens is 304 g/mol. The highest BCUT2D eigenvalue weighted by atomic mass is 15.0. The van der Waals surface area contributed by atoms with Crippen LogP contribution in [0.25, 0.3) is 22.2 Å². The lowest BCUT2D eigenvalue weighted by molar-refractivity contribution is -0.651. The highest BCUT2D eigenvalue weighted by Gasteiger charge is 2.17. The number of fused-ring (bicyclic) bond motifs is 1. The van der Waals surface area contributed by atoms with E-state index in [4.69, 9.17) is 5.26 Å². The lowest BCUT2D eigenvalue weighted by atomic mass is 10.1. The predicted octanol–water partition coefficient (Wildman–Crippen LogP) is 4.71. The summed E-state index contributed by atoms with van der Waals surface area (Å²) in [6, 6.07) is 33.2. The SMILES string of the molecule is N#Cc1ccc(-c2ccc3ccccc3[n+]2Cc2ccccc2)cc1. The number of benzene rings is 3. The second-order valence-electron chi connectivity index (χ2n) is 6.04. The molecule has 0 radical (unpaired) electrons. The minimum atomic E-state index is 0.680. The maximum absolute atomic E-state index is 9.03. The molecule has 0 N–H and O–H groups in total. The molecule has 0 spiro atoms. The molecule has 3 aromatic carbocycles. The van der Waals surface area contributed by atoms with Crippen molar-refractivity contribution in [1.29, 1.82) is 5.26 Å². The van der Waals surface area contributed by atoms with Crippen molar-refractivity contribution in [1.82, 2.24) is 0 Å². The van der Waals surface area contributed by atoms with Crippen LogP contribution in [0, 0.1) is 11.3 Å². The van der Waals surface area contributed by atoms with Gasteiger partial charge in [-0.05, 0) is 36.4 Å². The second-order valence-corrected chi connectivity index (χ2v) is 6.04. The van der Waals surface area contributed by atoms with Crippen LogP contribution in [0.3, 0.4) is 0 Å². The maximum atomic E-state index is 9.03. The minimum Gasteiger partial charge on any atom is -0.192 e. The Morgan fingerprint density at radius 3 is 2.20 bits per heavy atom. The van der Waals surface area contributed by atoms with Gasteiger partial charge in [-0.1, -0.05) is 42.5 Å². The minimum absolute atomic E-state index is 0.680. The summed E-state index contributed by atoms with van der Waals surface area (Å²) in [4.78, 5) is 0. The van der Waals surface area contributed by atoms with Crippen LogP contribution >= 0.6 is 0 Å². The van der Waals surface area contributed by atoms with Crippen molar-refractivity contribution in [2.24, 2.45) is 0 Å². The molecule has 4 aromatic rings. The summed E-state index contributed by atoms with van der Waals surface area (Å²) in [5, 5.41) is 10.3. The van der Waals surface area contributed by atoms with Gasteiger partial charge in [0.05, 0.1) is 11.6 Å². The monoisotopic (exact) mass is 321 g/mol. The Morgan fingerprint density at radius 2 is 1.44 bits per heavy atom. The van der Waals surface area contributed by atoms with Crippen molar-refractivity contribution >= 4 is 10.9 Å². The van der Waals surface area contributed by atoms with Gasteiger partial charge in [0.15, 0.2) is 6.54 Å². The Balaban J connectivity index is 1.91. The first kappa shape index (κ1) is 15.1. The first-order valence-electron chi connectivity index (χ1n) is 8.31. The Labute approximate surface area is 147 Å². The largest absolute Gasteiger partial charge is 0.213 e. The van der Waals surface area contributed by atoms with E-state index in [2.05, 4.69) is 71.3 Å². The number of nitrogens with zero attached hydrogens (tertiary/aromatic N) is 2. The van der Waals surface area contributed by atoms with Crippen LogP contribution in [-0.4, -0.2) is 0 Å². The van der Waals surface area contributed by atoms with E-state index in [-0.39, 0.29) is 0 Å². The number of para-hydroxylation sites is 1. The molecule has 1 heterocycles. The molecular formula is C23H17N2+. The van der Waals surface area contributed by atoms with Crippen molar-refractivity contribution in [3.8, 4) is 17.3 Å². The fourth-order valence-corrected chi connectivity index (χ4v) is 3.17. The van der Waals surface area contributed by atoms with Gasteiger partial charge in [0.25, 0.3) is 0 Å². The smallest absolute Gasteiger partial charge is 0.192 e. The number of aromatic nitrogens is 1. The van der Waals surface area contributed by atoms with Gasteiger partial charge in [0.1, 0.15) is 0 Å². The van der Waals surface area contributed by atoms with Crippen molar-refractivity contribution in [3.05, 3.63) is 102 Å². The highest BCUT2D eigenvalue weighted by Crippen LogP contribution is 2.21. The van der Waals surface area contributed by atoms with Gasteiger partial charge in [-0.25, -0.2) is 0 Å². The molecule has 2 heteroatoms. The van der Waals surface area contributed by atoms with Crippen LogP contribution in [0.4, 0.5) is 0 Å². The Bertz CT molecular complexity index is 1060. The van der Waals surface area contributed by atoms with Crippen molar-refractivity contribution < 1.29 is 4.57 Å². The second kappa shape index (κ2) is 6.59. The van der Waals surface area contributed by atoms with Gasteiger partial charge in [0, 0.05) is 28.6 Å². The fourth-order valence-electron chi connectivity index (χ4n) is 3.17. The van der Waals surface area contributed by atoms with Crippen molar-refractivity contribution in [3.63, 3.8) is 0 Å². The molecule has 0 fully saturated rings. The normalized spacial score (nSPS) is 10.5. The van der Waals surface area contributed by atoms with Gasteiger partial charge >= 0.3 is 0 Å². The fraction of sp³-hybridized carbons (Fsp3) is 0.0435. The summed E-state index contributed by atoms with van der Waals surface area (Å²) < 4.78 is 2.34. The summed E-state index contributed by atoms with van der Waals surface area (Å²) in [5.74, 6) is 0. The van der Waals surface area contributed by atoms with Gasteiger partial charge in [-0.3, -0.25) is 0 Å². The molecule has 0 aliphatic rings. The average Bonchev–Trinajstić information content (AvgIpc) is 2.69. The third-order valence-electron chi connectivity index (χ3n) is 4.43. The molecule has 0 atom stereocenters. The standard InChI is InChI=1S/C23H17N2/c24-16-18-10-12-21(13-11-18)23-15-14-20-8-4-5-9-22(20)25(23)17-19-6-2-1-3-7-19/h1-15H,17H2/q+1. The van der Waals surface area contributed by atoms with E-state index in [9.17, 15) is 0 Å². The molecule has 0 saturated carbocycles. The maximum Gasteiger partial charge on any atom is 0.213 e. The molecule has 0 aliphatic heterocycles. The molecule has 2 nitrogen and oxygen atoms in total. The Morgan fingerprint density at radius 1 is 0.720 bits per heavy atom. The quantitative estimate of drug-likeness (QED) is 0.502. The Hall–Kier alpha value is -3.44. The van der Waals surface area contributed by atoms with Crippen LogP contribution in [0.5, 0.6) is 0 Å². The first-order valence-corrected chi connectivity index (χ1v) is 8.31. The molecule has 118 valence electrons. The topological polar surface area (TPSA) is 27.7 Å². The van der Waals surface area contributed by atoms with E-state index >= 15 is 0 Å². The van der Waals surface area contributed by atoms with Gasteiger partial charge < -0.3 is 0 Å². The van der Waals surface area contributed by atoms with E-state index in [1.165, 1.54) is 16.5 Å². The van der Waals surface area contributed by atoms with E-state index in [0.717, 1.165) is 17.8 Å². The van der Waals surface area contributed by atoms with Crippen LogP contribution in [-0.2, 0) is 6.54 Å². The molecule has 25 heavy (non-hydrogen) atoms. The molecule has 0 unspecified atom stereocenters. The third-order valence-corrected chi connectivity index (χ3v) is 4.43. The summed E-state index contributed by atoms with van der Waals surface area (Å²) in [6.45, 7) is 0.803. The first-order chi connectivity index (χ1) is 12.3.